The number of hydrogen-bond acceptors (Lipinski definition) is 20. The van der Waals surface area contributed by atoms with Gasteiger partial charge in [-0.15, -0.1) is 0 Å². The molecular weight excluding hydrogens is 981 g/mol. The third-order valence-electron chi connectivity index (χ3n) is 8.05. The van der Waals surface area contributed by atoms with Crippen LogP contribution in [-0.4, -0.2) is 51.9 Å². The molecule has 0 saturated heterocycles. The third-order valence-corrected chi connectivity index (χ3v) is 11.5. The molecule has 20 nitrogen and oxygen atoms in total. The van der Waals surface area contributed by atoms with Crippen LogP contribution in [0.2, 0.25) is 0 Å². The molecule has 0 amide bonds. The normalized spacial score (nSPS) is 12.2. The summed E-state index contributed by atoms with van der Waals surface area (Å²) in [6, 6.07) is 28.9. The molecule has 6 aromatic rings. The molecule has 316 valence electrons. The Balaban J connectivity index is 0.00000374. The molecule has 0 aliphatic rings. The third kappa shape index (κ3) is 17.6. The van der Waals surface area contributed by atoms with Crippen molar-refractivity contribution in [3.8, 4) is 0 Å². The van der Waals surface area contributed by atoms with Crippen LogP contribution in [0.5, 0.6) is 0 Å². The Labute approximate surface area is 467 Å². The van der Waals surface area contributed by atoms with E-state index < -0.39 is 60.1 Å². The summed E-state index contributed by atoms with van der Waals surface area (Å²) in [4.78, 5) is -2.24. The van der Waals surface area contributed by atoms with Crippen LogP contribution in [0.1, 0.15) is 11.1 Å². The number of azo groups is 4. The molecule has 0 aliphatic heterocycles. The van der Waals surface area contributed by atoms with Gasteiger partial charge in [-0.2, -0.15) is 40.9 Å². The Bertz CT molecular complexity index is 3050. The monoisotopic (exact) mass is 1000 g/mol. The van der Waals surface area contributed by atoms with Gasteiger partial charge in [0.1, 0.15) is 40.5 Å². The number of benzene rings is 6. The van der Waals surface area contributed by atoms with Crippen molar-refractivity contribution in [3.63, 3.8) is 0 Å². The van der Waals surface area contributed by atoms with E-state index >= 15 is 0 Å². The Kier molecular flexibility index (Phi) is 23.0. The first-order chi connectivity index (χ1) is 29.2. The van der Waals surface area contributed by atoms with Crippen LogP contribution in [0, 0.1) is 0 Å². The Morgan fingerprint density at radius 3 is 0.697 bits per heavy atom. The molecule has 0 unspecified atom stereocenters. The minimum Gasteiger partial charge on any atom is -0.744 e. The summed E-state index contributed by atoms with van der Waals surface area (Å²) in [6.07, 6.45) is 2.27. The first kappa shape index (κ1) is 59.2. The van der Waals surface area contributed by atoms with Gasteiger partial charge >= 0.3 is 118 Å². The Hall–Kier alpha value is -2.90. The van der Waals surface area contributed by atoms with E-state index in [0.29, 0.717) is 22.7 Å². The van der Waals surface area contributed by atoms with Gasteiger partial charge in [-0.3, -0.25) is 0 Å². The summed E-state index contributed by atoms with van der Waals surface area (Å²) in [5, 5.41) is 32.0. The molecule has 6 aromatic carbocycles. The maximum absolute atomic E-state index is 12.2. The van der Waals surface area contributed by atoms with Crippen molar-refractivity contribution < 1.29 is 170 Å². The SMILES string of the molecule is O=S(=O)([O-])c1ccc(N=Nc2ccc(N=Nc3ccc(C=Cc4ccc(N=Nc5ccc(N=Nc6ccc(S(=O)(=O)[O-])cc6)cc5)cc4S(=O)(=O)[O-])c(S(=O)(=O)[O-])c3)cc2)cc1.[Na+].[Na+].[Na+].[Na+]. The molecule has 0 N–H and O–H groups in total. The fourth-order valence-corrected chi connectivity index (χ4v) is 7.37. The van der Waals surface area contributed by atoms with Crippen molar-refractivity contribution in [2.75, 3.05) is 0 Å². The summed E-state index contributed by atoms with van der Waals surface area (Å²) < 4.78 is 140. The second-order valence-corrected chi connectivity index (χ2v) is 17.9. The van der Waals surface area contributed by atoms with Crippen LogP contribution in [0.4, 0.5) is 45.5 Å². The summed E-state index contributed by atoms with van der Waals surface area (Å²) in [5.74, 6) is 0. The predicted molar refractivity (Wildman–Crippen MR) is 216 cm³/mol. The molecule has 0 heterocycles. The van der Waals surface area contributed by atoms with E-state index in [1.807, 2.05) is 0 Å². The zero-order valence-corrected chi connectivity index (χ0v) is 46.2. The van der Waals surface area contributed by atoms with Gasteiger partial charge in [0.05, 0.1) is 65.1 Å². The molecule has 0 spiro atoms. The fourth-order valence-electron chi connectivity index (χ4n) is 5.05. The molecule has 0 aliphatic carbocycles. The molecule has 0 fully saturated rings. The molecule has 0 radical (unpaired) electrons. The standard InChI is InChI=1S/C38H28N8O12S4.4Na/c47-59(48,49)35-19-15-31(16-20-35)41-39-27-7-11-29(12-8-27)43-45-33-5-3-25(37(23-33)61(53,54)55)1-2-26-4-6-34(24-38(26)62(56,57)58)46-44-30-13-9-28(10-14-30)40-42-32-17-21-36(22-18-32)60(50,51)52;;;;/h1-24H,(H,47,48,49)(H,50,51,52)(H,53,54,55)(H,56,57,58);;;;/q;4*+1/p-4. The molecule has 28 heteroatoms. The van der Waals surface area contributed by atoms with Crippen molar-refractivity contribution in [1.82, 2.24) is 0 Å². The van der Waals surface area contributed by atoms with Gasteiger partial charge in [0.15, 0.2) is 0 Å². The van der Waals surface area contributed by atoms with Crippen LogP contribution in [0.25, 0.3) is 12.2 Å². The maximum Gasteiger partial charge on any atom is 1.00 e. The average Bonchev–Trinajstić information content (AvgIpc) is 3.22. The van der Waals surface area contributed by atoms with Crippen LogP contribution in [0.15, 0.2) is 194 Å². The molecule has 66 heavy (non-hydrogen) atoms. The molecular formula is C38H24N8Na4O12S4. The van der Waals surface area contributed by atoms with Crippen molar-refractivity contribution >= 4 is 98.1 Å². The van der Waals surface area contributed by atoms with Crippen molar-refractivity contribution in [2.45, 2.75) is 19.6 Å². The summed E-state index contributed by atoms with van der Waals surface area (Å²) >= 11 is 0. The Morgan fingerprint density at radius 1 is 0.288 bits per heavy atom. The van der Waals surface area contributed by atoms with Crippen LogP contribution < -0.4 is 118 Å². The van der Waals surface area contributed by atoms with Gasteiger partial charge in [0.2, 0.25) is 0 Å². The van der Waals surface area contributed by atoms with Crippen LogP contribution >= 0.6 is 0 Å². The van der Waals surface area contributed by atoms with Crippen molar-refractivity contribution in [1.29, 1.82) is 0 Å². The summed E-state index contributed by atoms with van der Waals surface area (Å²) in [5.41, 5.74) is 1.60. The van der Waals surface area contributed by atoms with Crippen molar-refractivity contribution in [3.05, 3.63) is 145 Å². The first-order valence-electron chi connectivity index (χ1n) is 17.1. The van der Waals surface area contributed by atoms with Gasteiger partial charge in [-0.1, -0.05) is 24.3 Å². The van der Waals surface area contributed by atoms with Gasteiger partial charge in [-0.25, -0.2) is 33.7 Å². The largest absolute Gasteiger partial charge is 1.00 e. The zero-order chi connectivity index (χ0) is 44.7. The minimum atomic E-state index is -5.11. The van der Waals surface area contributed by atoms with E-state index in [2.05, 4.69) is 40.9 Å². The van der Waals surface area contributed by atoms with Gasteiger partial charge in [0, 0.05) is 0 Å². The van der Waals surface area contributed by atoms with Crippen LogP contribution in [-0.2, 0) is 40.5 Å². The molecule has 0 bridgehead atoms. The second kappa shape index (κ2) is 25.6. The number of rotatable bonds is 14. The second-order valence-electron chi connectivity index (χ2n) is 12.4. The van der Waals surface area contributed by atoms with Gasteiger partial charge in [-0.05, 0) is 132 Å². The quantitative estimate of drug-likeness (QED) is 0.0461. The van der Waals surface area contributed by atoms with Gasteiger partial charge < -0.3 is 18.2 Å². The zero-order valence-electron chi connectivity index (χ0n) is 35.0. The molecule has 0 atom stereocenters. The van der Waals surface area contributed by atoms with Crippen molar-refractivity contribution in [2.24, 2.45) is 40.9 Å². The summed E-state index contributed by atoms with van der Waals surface area (Å²) in [6.45, 7) is 0. The van der Waals surface area contributed by atoms with Crippen LogP contribution in [0.3, 0.4) is 0 Å². The van der Waals surface area contributed by atoms with E-state index in [4.69, 9.17) is 0 Å². The average molecular weight is 1000 g/mol. The molecule has 0 saturated carbocycles. The minimum absolute atomic E-state index is 0. The number of nitrogens with zero attached hydrogens (tertiary/aromatic N) is 8. The molecule has 0 aromatic heterocycles. The topological polar surface area (TPSA) is 328 Å². The van der Waals surface area contributed by atoms with E-state index in [-0.39, 0.29) is 152 Å². The Morgan fingerprint density at radius 2 is 0.485 bits per heavy atom. The maximum atomic E-state index is 12.2. The number of hydrogen-bond donors (Lipinski definition) is 0. The van der Waals surface area contributed by atoms with E-state index in [9.17, 15) is 51.9 Å². The van der Waals surface area contributed by atoms with Gasteiger partial charge in [0.25, 0.3) is 0 Å². The predicted octanol–water partition coefficient (Wildman–Crippen LogP) is -2.85. The first-order valence-corrected chi connectivity index (χ1v) is 22.7. The molecule has 6 rings (SSSR count). The smallest absolute Gasteiger partial charge is 0.744 e. The van der Waals surface area contributed by atoms with E-state index in [1.165, 1.54) is 97.1 Å². The summed E-state index contributed by atoms with van der Waals surface area (Å²) in [7, 11) is -19.4. The fraction of sp³-hybridized carbons (Fsp3) is 0. The van der Waals surface area contributed by atoms with E-state index in [0.717, 1.165) is 48.6 Å². The van der Waals surface area contributed by atoms with E-state index in [1.54, 1.807) is 0 Å².